The van der Waals surface area contributed by atoms with Crippen LogP contribution in [0.25, 0.3) is 0 Å². The first-order valence-corrected chi connectivity index (χ1v) is 8.26. The minimum atomic E-state index is -4.42. The van der Waals surface area contributed by atoms with E-state index in [0.29, 0.717) is 24.8 Å². The van der Waals surface area contributed by atoms with Gasteiger partial charge in [-0.05, 0) is 50.2 Å². The van der Waals surface area contributed by atoms with Crippen molar-refractivity contribution in [2.45, 2.75) is 57.3 Å². The Labute approximate surface area is 144 Å². The normalized spacial score (nSPS) is 24.0. The van der Waals surface area contributed by atoms with Crippen LogP contribution in [0.4, 0.5) is 13.2 Å². The number of nitrogens with one attached hydrogen (secondary N) is 1. The summed E-state index contributed by atoms with van der Waals surface area (Å²) >= 11 is 0. The highest BCUT2D eigenvalue weighted by atomic mass is 19.4. The summed E-state index contributed by atoms with van der Waals surface area (Å²) in [4.78, 5) is 15.7. The molecule has 25 heavy (non-hydrogen) atoms. The summed E-state index contributed by atoms with van der Waals surface area (Å²) in [5.74, 6) is 0.0167. The lowest BCUT2D eigenvalue weighted by atomic mass is 9.78. The summed E-state index contributed by atoms with van der Waals surface area (Å²) in [5.41, 5.74) is -0.0105. The molecule has 2 N–H and O–H groups in total. The Morgan fingerprint density at radius 1 is 1.44 bits per heavy atom. The van der Waals surface area contributed by atoms with E-state index in [-0.39, 0.29) is 24.2 Å². The molecule has 0 aromatic carbocycles. The highest BCUT2D eigenvalue weighted by Crippen LogP contribution is 2.33. The molecule has 1 aromatic heterocycles. The number of aliphatic hydroxyl groups is 1. The van der Waals surface area contributed by atoms with E-state index < -0.39 is 18.4 Å². The number of rotatable bonds is 6. The van der Waals surface area contributed by atoms with E-state index in [9.17, 15) is 23.1 Å². The maximum Gasteiger partial charge on any atom is 0.422 e. The molecule has 0 spiro atoms. The molecule has 1 aliphatic rings. The van der Waals surface area contributed by atoms with Crippen molar-refractivity contribution in [1.82, 2.24) is 10.3 Å². The SMILES string of the molecule is CC1(O)CCC(CC(=O)NCc2ccnc(OCC(F)(F)F)c2)CC1. The van der Waals surface area contributed by atoms with Crippen LogP contribution in [-0.2, 0) is 11.3 Å². The van der Waals surface area contributed by atoms with E-state index in [0.717, 1.165) is 12.8 Å². The van der Waals surface area contributed by atoms with Crippen LogP contribution >= 0.6 is 0 Å². The monoisotopic (exact) mass is 360 g/mol. The fourth-order valence-corrected chi connectivity index (χ4v) is 2.83. The van der Waals surface area contributed by atoms with Gasteiger partial charge in [0.15, 0.2) is 6.61 Å². The molecule has 1 saturated carbocycles. The number of carbonyl (C=O) groups excluding carboxylic acids is 1. The van der Waals surface area contributed by atoms with Gasteiger partial charge in [0.2, 0.25) is 11.8 Å². The van der Waals surface area contributed by atoms with E-state index in [1.807, 2.05) is 6.92 Å². The standard InChI is InChI=1S/C17H23F3N2O3/c1-16(24)5-2-12(3-6-16)8-14(23)22-10-13-4-7-21-15(9-13)25-11-17(18,19)20/h4,7,9,12,24H,2-3,5-6,8,10-11H2,1H3,(H,22,23). The molecule has 1 aromatic rings. The Morgan fingerprint density at radius 2 is 2.12 bits per heavy atom. The average Bonchev–Trinajstić information content (AvgIpc) is 2.53. The van der Waals surface area contributed by atoms with Gasteiger partial charge in [0, 0.05) is 25.2 Å². The molecule has 0 bridgehead atoms. The first kappa shape index (κ1) is 19.5. The van der Waals surface area contributed by atoms with Gasteiger partial charge < -0.3 is 15.2 Å². The van der Waals surface area contributed by atoms with Crippen LogP contribution in [0, 0.1) is 5.92 Å². The first-order chi connectivity index (χ1) is 11.6. The predicted molar refractivity (Wildman–Crippen MR) is 84.8 cm³/mol. The number of aromatic nitrogens is 1. The smallest absolute Gasteiger partial charge is 0.422 e. The molecule has 1 amide bonds. The van der Waals surface area contributed by atoms with Gasteiger partial charge in [0.1, 0.15) is 0 Å². The number of pyridine rings is 1. The summed E-state index contributed by atoms with van der Waals surface area (Å²) in [6.45, 7) is 0.612. The largest absolute Gasteiger partial charge is 0.468 e. The Balaban J connectivity index is 1.76. The zero-order valence-electron chi connectivity index (χ0n) is 14.1. The van der Waals surface area contributed by atoms with Crippen LogP contribution in [0.2, 0.25) is 0 Å². The van der Waals surface area contributed by atoms with Crippen LogP contribution in [0.3, 0.4) is 0 Å². The zero-order valence-corrected chi connectivity index (χ0v) is 14.1. The van der Waals surface area contributed by atoms with Crippen molar-refractivity contribution in [1.29, 1.82) is 0 Å². The molecule has 0 unspecified atom stereocenters. The minimum absolute atomic E-state index is 0.110. The van der Waals surface area contributed by atoms with Gasteiger partial charge in [-0.2, -0.15) is 13.2 Å². The van der Waals surface area contributed by atoms with Crippen LogP contribution in [0.1, 0.15) is 44.6 Å². The number of halogens is 3. The third-order valence-corrected chi connectivity index (χ3v) is 4.33. The third kappa shape index (κ3) is 7.29. The second kappa shape index (κ2) is 8.03. The van der Waals surface area contributed by atoms with E-state index in [2.05, 4.69) is 15.0 Å². The minimum Gasteiger partial charge on any atom is -0.468 e. The highest BCUT2D eigenvalue weighted by Gasteiger charge is 2.30. The Kier molecular flexibility index (Phi) is 6.26. The topological polar surface area (TPSA) is 71.5 Å². The van der Waals surface area contributed by atoms with Crippen LogP contribution < -0.4 is 10.1 Å². The molecule has 1 heterocycles. The molecular formula is C17H23F3N2O3. The zero-order chi connectivity index (χ0) is 18.5. The number of carbonyl (C=O) groups is 1. The van der Waals surface area contributed by atoms with Crippen molar-refractivity contribution >= 4 is 5.91 Å². The Morgan fingerprint density at radius 3 is 2.76 bits per heavy atom. The van der Waals surface area contributed by atoms with Crippen molar-refractivity contribution in [2.75, 3.05) is 6.61 Å². The van der Waals surface area contributed by atoms with E-state index in [4.69, 9.17) is 0 Å². The maximum atomic E-state index is 12.1. The quantitative estimate of drug-likeness (QED) is 0.818. The second-order valence-electron chi connectivity index (χ2n) is 6.83. The van der Waals surface area contributed by atoms with Crippen molar-refractivity contribution in [2.24, 2.45) is 5.92 Å². The van der Waals surface area contributed by atoms with Gasteiger partial charge in [0.05, 0.1) is 5.60 Å². The third-order valence-electron chi connectivity index (χ3n) is 4.33. The van der Waals surface area contributed by atoms with Crippen molar-refractivity contribution in [3.8, 4) is 5.88 Å². The van der Waals surface area contributed by atoms with Gasteiger partial charge in [-0.25, -0.2) is 4.98 Å². The Bertz CT molecular complexity index is 581. The van der Waals surface area contributed by atoms with Gasteiger partial charge in [-0.1, -0.05) is 0 Å². The summed E-state index contributed by atoms with van der Waals surface area (Å²) in [7, 11) is 0. The van der Waals surface area contributed by atoms with Crippen molar-refractivity contribution < 1.29 is 27.8 Å². The van der Waals surface area contributed by atoms with Crippen molar-refractivity contribution in [3.63, 3.8) is 0 Å². The summed E-state index contributed by atoms with van der Waals surface area (Å²) in [5, 5.41) is 12.7. The fraction of sp³-hybridized carbons (Fsp3) is 0.647. The van der Waals surface area contributed by atoms with E-state index >= 15 is 0 Å². The Hall–Kier alpha value is -1.83. The lowest BCUT2D eigenvalue weighted by Gasteiger charge is -2.32. The molecular weight excluding hydrogens is 337 g/mol. The van der Waals surface area contributed by atoms with Gasteiger partial charge in [-0.15, -0.1) is 0 Å². The number of hydrogen-bond donors (Lipinski definition) is 2. The predicted octanol–water partition coefficient (Wildman–Crippen LogP) is 2.97. The number of nitrogens with zero attached hydrogens (tertiary/aromatic N) is 1. The molecule has 5 nitrogen and oxygen atoms in total. The van der Waals surface area contributed by atoms with Gasteiger partial charge >= 0.3 is 6.18 Å². The molecule has 1 aliphatic carbocycles. The average molecular weight is 360 g/mol. The van der Waals surface area contributed by atoms with Gasteiger partial charge in [-0.3, -0.25) is 4.79 Å². The summed E-state index contributed by atoms with van der Waals surface area (Å²) in [6.07, 6.45) is 0.312. The van der Waals surface area contributed by atoms with E-state index in [1.54, 1.807) is 6.07 Å². The van der Waals surface area contributed by atoms with Crippen LogP contribution in [0.5, 0.6) is 5.88 Å². The van der Waals surface area contributed by atoms with Gasteiger partial charge in [0.25, 0.3) is 0 Å². The first-order valence-electron chi connectivity index (χ1n) is 8.26. The van der Waals surface area contributed by atoms with E-state index in [1.165, 1.54) is 12.3 Å². The maximum absolute atomic E-state index is 12.1. The number of hydrogen-bond acceptors (Lipinski definition) is 4. The molecule has 140 valence electrons. The molecule has 0 aliphatic heterocycles. The summed E-state index contributed by atoms with van der Waals surface area (Å²) < 4.78 is 41.0. The highest BCUT2D eigenvalue weighted by molar-refractivity contribution is 5.76. The van der Waals surface area contributed by atoms with Crippen LogP contribution in [-0.4, -0.2) is 34.4 Å². The lowest BCUT2D eigenvalue weighted by molar-refractivity contribution is -0.154. The van der Waals surface area contributed by atoms with Crippen molar-refractivity contribution in [3.05, 3.63) is 23.9 Å². The fourth-order valence-electron chi connectivity index (χ4n) is 2.83. The molecule has 0 radical (unpaired) electrons. The lowest BCUT2D eigenvalue weighted by Crippen LogP contribution is -2.33. The second-order valence-corrected chi connectivity index (χ2v) is 6.83. The molecule has 0 atom stereocenters. The molecule has 0 saturated heterocycles. The number of alkyl halides is 3. The molecule has 8 heteroatoms. The van der Waals surface area contributed by atoms with Crippen LogP contribution in [0.15, 0.2) is 18.3 Å². The molecule has 1 fully saturated rings. The number of ether oxygens (including phenoxy) is 1. The molecule has 2 rings (SSSR count). The number of amides is 1. The summed E-state index contributed by atoms with van der Waals surface area (Å²) in [6, 6.07) is 2.99.